The summed E-state index contributed by atoms with van der Waals surface area (Å²) in [5.74, 6) is -0.0728. The predicted molar refractivity (Wildman–Crippen MR) is 97.1 cm³/mol. The van der Waals surface area contributed by atoms with E-state index in [1.54, 1.807) is 0 Å². The molecule has 1 saturated carbocycles. The van der Waals surface area contributed by atoms with E-state index in [4.69, 9.17) is 21.1 Å². The molecule has 1 aromatic carbocycles. The van der Waals surface area contributed by atoms with Gasteiger partial charge in [-0.3, -0.25) is 4.79 Å². The summed E-state index contributed by atoms with van der Waals surface area (Å²) in [7, 11) is 0. The van der Waals surface area contributed by atoms with E-state index in [-0.39, 0.29) is 17.5 Å². The molecule has 2 atom stereocenters. The van der Waals surface area contributed by atoms with Crippen LogP contribution in [0, 0.1) is 0 Å². The fourth-order valence-corrected chi connectivity index (χ4v) is 3.93. The Hall–Kier alpha value is -1.56. The van der Waals surface area contributed by atoms with Gasteiger partial charge in [0.05, 0.1) is 30.9 Å². The van der Waals surface area contributed by atoms with E-state index >= 15 is 0 Å². The van der Waals surface area contributed by atoms with Gasteiger partial charge in [0, 0.05) is 23.6 Å². The van der Waals surface area contributed by atoms with Crippen molar-refractivity contribution < 1.29 is 14.3 Å². The molecule has 6 heteroatoms. The van der Waals surface area contributed by atoms with Crippen LogP contribution in [0.5, 0.6) is 0 Å². The average Bonchev–Trinajstić information content (AvgIpc) is 3.26. The molecule has 134 valence electrons. The van der Waals surface area contributed by atoms with Crippen LogP contribution in [0.15, 0.2) is 30.5 Å². The molecule has 2 aliphatic rings. The first-order valence-electron chi connectivity index (χ1n) is 8.99. The van der Waals surface area contributed by atoms with Crippen molar-refractivity contribution >= 4 is 28.4 Å². The molecule has 2 fully saturated rings. The number of rotatable bonds is 6. The summed E-state index contributed by atoms with van der Waals surface area (Å²) >= 11 is 6.14. The Bertz CT molecular complexity index is 754. The molecule has 2 heterocycles. The number of nitrogens with zero attached hydrogens (tertiary/aromatic N) is 1. The molecule has 1 aliphatic carbocycles. The minimum atomic E-state index is -0.341. The summed E-state index contributed by atoms with van der Waals surface area (Å²) in [4.78, 5) is 12.6. The first kappa shape index (κ1) is 16.9. The van der Waals surface area contributed by atoms with Gasteiger partial charge in [-0.2, -0.15) is 0 Å². The molecule has 0 bridgehead atoms. The van der Waals surface area contributed by atoms with Gasteiger partial charge >= 0.3 is 0 Å². The van der Waals surface area contributed by atoms with Gasteiger partial charge in [-0.25, -0.2) is 0 Å². The SMILES string of the molecule is O=C(NCCOC1CCCC1)c1cn(C2COC2Cl)c2ccccc12. The second-order valence-electron chi connectivity index (χ2n) is 6.75. The monoisotopic (exact) mass is 362 g/mol. The Balaban J connectivity index is 1.43. The maximum Gasteiger partial charge on any atom is 0.253 e. The highest BCUT2D eigenvalue weighted by atomic mass is 35.5. The Morgan fingerprint density at radius 2 is 2.12 bits per heavy atom. The molecule has 4 rings (SSSR count). The lowest BCUT2D eigenvalue weighted by molar-refractivity contribution is -0.0523. The van der Waals surface area contributed by atoms with Crippen molar-refractivity contribution in [3.63, 3.8) is 0 Å². The van der Waals surface area contributed by atoms with Crippen molar-refractivity contribution in [2.45, 2.75) is 43.4 Å². The minimum Gasteiger partial charge on any atom is -0.376 e. The number of halogens is 1. The third-order valence-corrected chi connectivity index (χ3v) is 5.53. The zero-order chi connectivity index (χ0) is 17.2. The highest BCUT2D eigenvalue weighted by Gasteiger charge is 2.33. The fourth-order valence-electron chi connectivity index (χ4n) is 3.66. The Labute approximate surface area is 152 Å². The van der Waals surface area contributed by atoms with Crippen molar-refractivity contribution in [1.29, 1.82) is 0 Å². The lowest BCUT2D eigenvalue weighted by atomic mass is 10.1. The summed E-state index contributed by atoms with van der Waals surface area (Å²) in [5.41, 5.74) is 1.34. The van der Waals surface area contributed by atoms with Gasteiger partial charge in [0.1, 0.15) is 0 Å². The summed E-state index contributed by atoms with van der Waals surface area (Å²) in [6, 6.07) is 7.97. The van der Waals surface area contributed by atoms with Gasteiger partial charge in [0.25, 0.3) is 5.91 Å². The van der Waals surface area contributed by atoms with E-state index in [2.05, 4.69) is 9.88 Å². The molecule has 25 heavy (non-hydrogen) atoms. The van der Waals surface area contributed by atoms with Crippen LogP contribution in [0.3, 0.4) is 0 Å². The van der Waals surface area contributed by atoms with Crippen LogP contribution >= 0.6 is 11.6 Å². The first-order chi connectivity index (χ1) is 12.2. The molecule has 1 aromatic heterocycles. The second kappa shape index (κ2) is 7.36. The minimum absolute atomic E-state index is 0.0683. The number of para-hydroxylation sites is 1. The van der Waals surface area contributed by atoms with Gasteiger partial charge in [-0.1, -0.05) is 42.6 Å². The number of aromatic nitrogens is 1. The second-order valence-corrected chi connectivity index (χ2v) is 7.18. The smallest absolute Gasteiger partial charge is 0.253 e. The van der Waals surface area contributed by atoms with Crippen LogP contribution < -0.4 is 5.32 Å². The summed E-state index contributed by atoms with van der Waals surface area (Å²) in [5, 5.41) is 3.91. The molecule has 0 spiro atoms. The molecule has 2 aromatic rings. The van der Waals surface area contributed by atoms with Crippen LogP contribution in [0.25, 0.3) is 10.9 Å². The fraction of sp³-hybridized carbons (Fsp3) is 0.526. The number of hydrogen-bond donors (Lipinski definition) is 1. The Morgan fingerprint density at radius 3 is 2.84 bits per heavy atom. The summed E-state index contributed by atoms with van der Waals surface area (Å²) < 4.78 is 13.1. The van der Waals surface area contributed by atoms with Crippen molar-refractivity contribution in [1.82, 2.24) is 9.88 Å². The third kappa shape index (κ3) is 3.41. The van der Waals surface area contributed by atoms with E-state index in [1.165, 1.54) is 12.8 Å². The van der Waals surface area contributed by atoms with Gasteiger partial charge < -0.3 is 19.4 Å². The van der Waals surface area contributed by atoms with Crippen LogP contribution in [-0.2, 0) is 9.47 Å². The third-order valence-electron chi connectivity index (χ3n) is 5.11. The van der Waals surface area contributed by atoms with Crippen molar-refractivity contribution in [3.8, 4) is 0 Å². The molecule has 5 nitrogen and oxygen atoms in total. The molecule has 1 aliphatic heterocycles. The van der Waals surface area contributed by atoms with Gasteiger partial charge in [0.2, 0.25) is 0 Å². The predicted octanol–water partition coefficient (Wildman–Crippen LogP) is 3.47. The highest BCUT2D eigenvalue weighted by Crippen LogP contribution is 2.34. The molecule has 1 saturated heterocycles. The zero-order valence-electron chi connectivity index (χ0n) is 14.1. The zero-order valence-corrected chi connectivity index (χ0v) is 14.9. The number of amides is 1. The molecule has 0 radical (unpaired) electrons. The maximum absolute atomic E-state index is 12.6. The number of hydrogen-bond acceptors (Lipinski definition) is 3. The number of fused-ring (bicyclic) bond motifs is 1. The van der Waals surface area contributed by atoms with Crippen LogP contribution in [-0.4, -0.2) is 41.9 Å². The lowest BCUT2D eigenvalue weighted by Gasteiger charge is -2.33. The van der Waals surface area contributed by atoms with Gasteiger partial charge in [-0.15, -0.1) is 0 Å². The normalized spacial score (nSPS) is 23.7. The summed E-state index contributed by atoms with van der Waals surface area (Å²) in [6.07, 6.45) is 7.06. The van der Waals surface area contributed by atoms with Crippen molar-refractivity contribution in [2.24, 2.45) is 0 Å². The molecule has 1 N–H and O–H groups in total. The van der Waals surface area contributed by atoms with Crippen molar-refractivity contribution in [2.75, 3.05) is 19.8 Å². The van der Waals surface area contributed by atoms with Gasteiger partial charge in [-0.05, 0) is 18.9 Å². The molecular formula is C19H23ClN2O3. The van der Waals surface area contributed by atoms with E-state index in [9.17, 15) is 4.79 Å². The maximum atomic E-state index is 12.6. The van der Waals surface area contributed by atoms with E-state index in [1.807, 2.05) is 30.5 Å². The van der Waals surface area contributed by atoms with E-state index in [0.717, 1.165) is 23.7 Å². The quantitative estimate of drug-likeness (QED) is 0.632. The number of nitrogens with one attached hydrogen (secondary N) is 1. The first-order valence-corrected chi connectivity index (χ1v) is 9.43. The van der Waals surface area contributed by atoms with Crippen LogP contribution in [0.2, 0.25) is 0 Å². The average molecular weight is 363 g/mol. The van der Waals surface area contributed by atoms with E-state index in [0.29, 0.717) is 31.4 Å². The number of benzene rings is 1. The van der Waals surface area contributed by atoms with Gasteiger partial charge in [0.15, 0.2) is 5.56 Å². The Morgan fingerprint density at radius 1 is 1.32 bits per heavy atom. The number of carbonyl (C=O) groups excluding carboxylic acids is 1. The Kier molecular flexibility index (Phi) is 4.97. The van der Waals surface area contributed by atoms with Crippen molar-refractivity contribution in [3.05, 3.63) is 36.0 Å². The standard InChI is InChI=1S/C19H23ClN2O3/c20-18-17(12-25-18)22-11-15(14-7-3-4-8-16(14)22)19(23)21-9-10-24-13-5-1-2-6-13/h3-4,7-8,11,13,17-18H,1-2,5-6,9-10,12H2,(H,21,23). The summed E-state index contributed by atoms with van der Waals surface area (Å²) in [6.45, 7) is 1.66. The molecular weight excluding hydrogens is 340 g/mol. The largest absolute Gasteiger partial charge is 0.376 e. The van der Waals surface area contributed by atoms with Crippen LogP contribution in [0.4, 0.5) is 0 Å². The number of alkyl halides is 1. The number of ether oxygens (including phenoxy) is 2. The highest BCUT2D eigenvalue weighted by molar-refractivity contribution is 6.20. The number of carbonyl (C=O) groups is 1. The van der Waals surface area contributed by atoms with Crippen LogP contribution in [0.1, 0.15) is 42.1 Å². The topological polar surface area (TPSA) is 52.5 Å². The molecule has 2 unspecified atom stereocenters. The molecule has 1 amide bonds. The lowest BCUT2D eigenvalue weighted by Crippen LogP contribution is -2.37. The van der Waals surface area contributed by atoms with E-state index < -0.39 is 0 Å².